The van der Waals surface area contributed by atoms with E-state index in [1.807, 2.05) is 18.2 Å². The lowest BCUT2D eigenvalue weighted by molar-refractivity contribution is -0.121. The van der Waals surface area contributed by atoms with E-state index >= 15 is 0 Å². The molecule has 1 aliphatic rings. The Morgan fingerprint density at radius 2 is 1.90 bits per heavy atom. The first-order valence-corrected chi connectivity index (χ1v) is 11.2. The Labute approximate surface area is 200 Å². The van der Waals surface area contributed by atoms with E-state index in [9.17, 15) is 4.79 Å². The highest BCUT2D eigenvalue weighted by atomic mass is 35.5. The number of ether oxygens (including phenoxy) is 3. The number of carbonyl (C=O) groups excluding carboxylic acids is 1. The monoisotopic (exact) mass is 495 g/mol. The number of amides is 1. The molecule has 0 atom stereocenters. The summed E-state index contributed by atoms with van der Waals surface area (Å²) in [5, 5.41) is 0.763. The summed E-state index contributed by atoms with van der Waals surface area (Å²) in [5.41, 5.74) is 0.581. The van der Waals surface area contributed by atoms with Crippen LogP contribution >= 0.6 is 47.2 Å². The summed E-state index contributed by atoms with van der Waals surface area (Å²) in [6.45, 7) is 4.52. The number of rotatable bonds is 9. The molecule has 1 amide bonds. The number of methoxy groups -OCH3 is 1. The van der Waals surface area contributed by atoms with Crippen molar-refractivity contribution in [1.29, 1.82) is 0 Å². The summed E-state index contributed by atoms with van der Waals surface area (Å²) < 4.78 is 17.2. The summed E-state index contributed by atoms with van der Waals surface area (Å²) in [7, 11) is 1.59. The molecule has 1 fully saturated rings. The maximum atomic E-state index is 12.6. The van der Waals surface area contributed by atoms with Gasteiger partial charge in [0, 0.05) is 23.2 Å². The van der Waals surface area contributed by atoms with Gasteiger partial charge in [-0.3, -0.25) is 9.69 Å². The van der Waals surface area contributed by atoms with Crippen LogP contribution in [0.2, 0.25) is 10.0 Å². The summed E-state index contributed by atoms with van der Waals surface area (Å²) >= 11 is 19.0. The van der Waals surface area contributed by atoms with Crippen molar-refractivity contribution in [2.45, 2.75) is 0 Å². The number of benzene rings is 2. The third-order valence-corrected chi connectivity index (χ3v) is 6.03. The number of thiocarbonyl (C=S) groups is 1. The van der Waals surface area contributed by atoms with Crippen LogP contribution in [0, 0.1) is 0 Å². The first-order valence-electron chi connectivity index (χ1n) is 9.18. The molecule has 1 aliphatic heterocycles. The largest absolute Gasteiger partial charge is 0.497 e. The van der Waals surface area contributed by atoms with Crippen molar-refractivity contribution in [3.63, 3.8) is 0 Å². The van der Waals surface area contributed by atoms with Crippen molar-refractivity contribution >= 4 is 63.5 Å². The topological polar surface area (TPSA) is 48.0 Å². The fourth-order valence-electron chi connectivity index (χ4n) is 2.76. The lowest BCUT2D eigenvalue weighted by Gasteiger charge is -2.13. The third kappa shape index (κ3) is 5.95. The summed E-state index contributed by atoms with van der Waals surface area (Å²) in [6.07, 6.45) is 3.30. The molecule has 2 aromatic rings. The molecule has 1 heterocycles. The molecular formula is C22H19Cl2NO4S2. The van der Waals surface area contributed by atoms with Crippen molar-refractivity contribution in [3.8, 4) is 17.2 Å². The van der Waals surface area contributed by atoms with Crippen LogP contribution in [0.4, 0.5) is 0 Å². The van der Waals surface area contributed by atoms with Crippen LogP contribution in [-0.4, -0.2) is 42.0 Å². The lowest BCUT2D eigenvalue weighted by Crippen LogP contribution is -2.27. The van der Waals surface area contributed by atoms with Crippen LogP contribution in [0.5, 0.6) is 17.2 Å². The van der Waals surface area contributed by atoms with Gasteiger partial charge in [0.05, 0.1) is 17.0 Å². The molecule has 3 rings (SSSR count). The maximum absolute atomic E-state index is 12.6. The van der Waals surface area contributed by atoms with E-state index in [-0.39, 0.29) is 19.1 Å². The molecular weight excluding hydrogens is 477 g/mol. The van der Waals surface area contributed by atoms with Crippen LogP contribution in [0.3, 0.4) is 0 Å². The Hall–Kier alpha value is -2.19. The number of halogens is 2. The molecule has 0 bridgehead atoms. The Bertz CT molecular complexity index is 1040. The average Bonchev–Trinajstić information content (AvgIpc) is 3.00. The van der Waals surface area contributed by atoms with E-state index in [0.29, 0.717) is 48.6 Å². The second kappa shape index (κ2) is 10.9. The third-order valence-electron chi connectivity index (χ3n) is 4.15. The minimum absolute atomic E-state index is 0.196. The Kier molecular flexibility index (Phi) is 8.26. The van der Waals surface area contributed by atoms with E-state index in [0.717, 1.165) is 0 Å². The molecule has 162 valence electrons. The van der Waals surface area contributed by atoms with E-state index in [1.54, 1.807) is 37.5 Å². The number of carbonyl (C=O) groups is 1. The van der Waals surface area contributed by atoms with E-state index in [2.05, 4.69) is 6.58 Å². The molecule has 5 nitrogen and oxygen atoms in total. The molecule has 0 saturated carbocycles. The summed E-state index contributed by atoms with van der Waals surface area (Å²) in [5.74, 6) is 1.58. The fraction of sp³-hybridized carbons (Fsp3) is 0.182. The predicted molar refractivity (Wildman–Crippen MR) is 131 cm³/mol. The van der Waals surface area contributed by atoms with Crippen molar-refractivity contribution in [2.75, 3.05) is 26.9 Å². The van der Waals surface area contributed by atoms with Gasteiger partial charge in [-0.05, 0) is 30.3 Å². The van der Waals surface area contributed by atoms with Crippen LogP contribution in [0.25, 0.3) is 6.08 Å². The number of nitrogens with zero attached hydrogens (tertiary/aromatic N) is 1. The van der Waals surface area contributed by atoms with Gasteiger partial charge < -0.3 is 14.2 Å². The Morgan fingerprint density at radius 1 is 1.16 bits per heavy atom. The van der Waals surface area contributed by atoms with Gasteiger partial charge in [-0.2, -0.15) is 0 Å². The van der Waals surface area contributed by atoms with Crippen LogP contribution in [-0.2, 0) is 4.79 Å². The lowest BCUT2D eigenvalue weighted by atomic mass is 10.1. The SMILES string of the molecule is C=CCN1C(=O)C(=Cc2cc(Cl)cc(Cl)c2OCCOc2cccc(OC)c2)SC1=S. The van der Waals surface area contributed by atoms with Gasteiger partial charge in [0.15, 0.2) is 0 Å². The first kappa shape index (κ1) is 23.5. The minimum Gasteiger partial charge on any atom is -0.497 e. The van der Waals surface area contributed by atoms with Gasteiger partial charge in [-0.1, -0.05) is 59.3 Å². The molecule has 9 heteroatoms. The van der Waals surface area contributed by atoms with Crippen molar-refractivity contribution < 1.29 is 19.0 Å². The highest BCUT2D eigenvalue weighted by Gasteiger charge is 2.31. The molecule has 0 aliphatic carbocycles. The first-order chi connectivity index (χ1) is 14.9. The molecule has 1 saturated heterocycles. The average molecular weight is 496 g/mol. The molecule has 0 unspecified atom stereocenters. The standard InChI is InChI=1S/C22H19Cl2NO4S2/c1-3-7-25-21(26)19(31-22(25)30)11-14-10-15(23)12-18(24)20(14)29-9-8-28-17-6-4-5-16(13-17)27-2/h3-6,10-13H,1,7-9H2,2H3. The van der Waals surface area contributed by atoms with Gasteiger partial charge in [0.1, 0.15) is 34.8 Å². The van der Waals surface area contributed by atoms with E-state index in [4.69, 9.17) is 49.6 Å². The highest BCUT2D eigenvalue weighted by Crippen LogP contribution is 2.38. The molecule has 2 aromatic carbocycles. The molecule has 0 N–H and O–H groups in total. The number of hydrogen-bond acceptors (Lipinski definition) is 6. The predicted octanol–water partition coefficient (Wildman–Crippen LogP) is 5.85. The van der Waals surface area contributed by atoms with Crippen LogP contribution in [0.15, 0.2) is 54.0 Å². The molecule has 0 aromatic heterocycles. The number of hydrogen-bond donors (Lipinski definition) is 0. The zero-order valence-electron chi connectivity index (χ0n) is 16.6. The van der Waals surface area contributed by atoms with Crippen LogP contribution in [0.1, 0.15) is 5.56 Å². The second-order valence-electron chi connectivity index (χ2n) is 6.26. The van der Waals surface area contributed by atoms with Gasteiger partial charge >= 0.3 is 0 Å². The summed E-state index contributed by atoms with van der Waals surface area (Å²) in [4.78, 5) is 14.6. The van der Waals surface area contributed by atoms with Gasteiger partial charge in [-0.25, -0.2) is 0 Å². The van der Waals surface area contributed by atoms with Crippen molar-refractivity contribution in [2.24, 2.45) is 0 Å². The quantitative estimate of drug-likeness (QED) is 0.188. The smallest absolute Gasteiger partial charge is 0.266 e. The maximum Gasteiger partial charge on any atom is 0.266 e. The summed E-state index contributed by atoms with van der Waals surface area (Å²) in [6, 6.07) is 10.6. The van der Waals surface area contributed by atoms with Crippen LogP contribution < -0.4 is 14.2 Å². The molecule has 31 heavy (non-hydrogen) atoms. The van der Waals surface area contributed by atoms with Crippen molar-refractivity contribution in [1.82, 2.24) is 4.90 Å². The van der Waals surface area contributed by atoms with Gasteiger partial charge in [-0.15, -0.1) is 6.58 Å². The molecule has 0 radical (unpaired) electrons. The zero-order valence-corrected chi connectivity index (χ0v) is 19.7. The molecule has 0 spiro atoms. The normalized spacial score (nSPS) is 14.8. The Morgan fingerprint density at radius 3 is 2.65 bits per heavy atom. The van der Waals surface area contributed by atoms with Gasteiger partial charge in [0.2, 0.25) is 0 Å². The number of thioether (sulfide) groups is 1. The zero-order chi connectivity index (χ0) is 22.4. The van der Waals surface area contributed by atoms with E-state index < -0.39 is 0 Å². The highest BCUT2D eigenvalue weighted by molar-refractivity contribution is 8.26. The fourth-order valence-corrected chi connectivity index (χ4v) is 4.59. The van der Waals surface area contributed by atoms with E-state index in [1.165, 1.54) is 16.7 Å². The Balaban J connectivity index is 1.73. The van der Waals surface area contributed by atoms with Crippen molar-refractivity contribution in [3.05, 3.63) is 69.6 Å². The minimum atomic E-state index is -0.196. The second-order valence-corrected chi connectivity index (χ2v) is 8.78. The van der Waals surface area contributed by atoms with Gasteiger partial charge in [0.25, 0.3) is 5.91 Å².